The van der Waals surface area contributed by atoms with Crippen LogP contribution in [0.15, 0.2) is 37.1 Å². The van der Waals surface area contributed by atoms with Crippen molar-refractivity contribution in [3.05, 3.63) is 47.5 Å². The minimum Gasteiger partial charge on any atom is -0.493 e. The molecular formula is C15H16N2O3S. The summed E-state index contributed by atoms with van der Waals surface area (Å²) in [5.74, 6) is 0.830. The van der Waals surface area contributed by atoms with Crippen LogP contribution in [0.3, 0.4) is 0 Å². The number of carbonyl (C=O) groups excluding carboxylic acids is 1. The van der Waals surface area contributed by atoms with Gasteiger partial charge < -0.3 is 9.47 Å². The second-order valence-electron chi connectivity index (χ2n) is 4.20. The Kier molecular flexibility index (Phi) is 4.94. The number of nitrogens with one attached hydrogen (secondary N) is 1. The number of aryl methyl sites for hydroxylation is 1. The summed E-state index contributed by atoms with van der Waals surface area (Å²) < 4.78 is 10.7. The van der Waals surface area contributed by atoms with E-state index in [0.29, 0.717) is 28.8 Å². The van der Waals surface area contributed by atoms with Crippen molar-refractivity contribution in [1.29, 1.82) is 0 Å². The first kappa shape index (κ1) is 15.1. The van der Waals surface area contributed by atoms with E-state index in [1.54, 1.807) is 30.5 Å². The molecule has 1 amide bonds. The summed E-state index contributed by atoms with van der Waals surface area (Å²) in [6, 6.07) is 5.01. The molecule has 0 spiro atoms. The minimum absolute atomic E-state index is 0.238. The number of carbonyl (C=O) groups is 1. The lowest BCUT2D eigenvalue weighted by atomic mass is 10.2. The molecule has 1 aromatic carbocycles. The summed E-state index contributed by atoms with van der Waals surface area (Å²) >= 11 is 1.42. The Morgan fingerprint density at radius 3 is 2.90 bits per heavy atom. The third-order valence-corrected chi connectivity index (χ3v) is 3.45. The van der Waals surface area contributed by atoms with E-state index in [0.717, 1.165) is 4.88 Å². The number of hydrogen-bond acceptors (Lipinski definition) is 5. The third-order valence-electron chi connectivity index (χ3n) is 2.62. The number of ether oxygens (including phenoxy) is 2. The van der Waals surface area contributed by atoms with Crippen LogP contribution in [0.2, 0.25) is 0 Å². The molecule has 0 unspecified atom stereocenters. The monoisotopic (exact) mass is 304 g/mol. The number of amides is 1. The number of hydrogen-bond donors (Lipinski definition) is 1. The molecule has 2 rings (SSSR count). The minimum atomic E-state index is -0.238. The van der Waals surface area contributed by atoms with Crippen LogP contribution >= 0.6 is 11.3 Å². The maximum absolute atomic E-state index is 12.2. The fourth-order valence-corrected chi connectivity index (χ4v) is 2.32. The van der Waals surface area contributed by atoms with Gasteiger partial charge in [0, 0.05) is 16.6 Å². The van der Waals surface area contributed by atoms with Crippen LogP contribution in [0.5, 0.6) is 11.5 Å². The lowest BCUT2D eigenvalue weighted by Gasteiger charge is -2.10. The van der Waals surface area contributed by atoms with Gasteiger partial charge in [-0.2, -0.15) is 0 Å². The normalized spacial score (nSPS) is 10.0. The van der Waals surface area contributed by atoms with E-state index in [4.69, 9.17) is 9.47 Å². The van der Waals surface area contributed by atoms with E-state index in [2.05, 4.69) is 16.9 Å². The number of anilines is 1. The van der Waals surface area contributed by atoms with Crippen LogP contribution in [0.1, 0.15) is 15.2 Å². The van der Waals surface area contributed by atoms with Crippen LogP contribution in [0, 0.1) is 6.92 Å². The Hall–Kier alpha value is -2.34. The number of methoxy groups -OCH3 is 1. The predicted molar refractivity (Wildman–Crippen MR) is 83.5 cm³/mol. The van der Waals surface area contributed by atoms with Crippen LogP contribution in [-0.4, -0.2) is 24.6 Å². The first-order chi connectivity index (χ1) is 10.1. The molecule has 110 valence electrons. The Bertz CT molecular complexity index is 652. The molecule has 0 bridgehead atoms. The number of rotatable bonds is 6. The predicted octanol–water partition coefficient (Wildman–Crippen LogP) is 3.28. The smallest absolute Gasteiger partial charge is 0.257 e. The maximum atomic E-state index is 12.2. The molecule has 0 aliphatic rings. The van der Waals surface area contributed by atoms with Crippen molar-refractivity contribution in [1.82, 2.24) is 4.98 Å². The number of aromatic nitrogens is 1. The number of benzene rings is 1. The molecule has 0 aliphatic heterocycles. The fourth-order valence-electron chi connectivity index (χ4n) is 1.66. The summed E-state index contributed by atoms with van der Waals surface area (Å²) in [5.41, 5.74) is 0.477. The Labute approximate surface area is 127 Å². The Balaban J connectivity index is 2.15. The molecule has 1 N–H and O–H groups in total. The van der Waals surface area contributed by atoms with Crippen molar-refractivity contribution < 1.29 is 14.3 Å². The molecule has 1 aromatic heterocycles. The van der Waals surface area contributed by atoms with E-state index in [9.17, 15) is 4.79 Å². The van der Waals surface area contributed by atoms with Crippen molar-refractivity contribution in [2.24, 2.45) is 0 Å². The molecule has 0 fully saturated rings. The topological polar surface area (TPSA) is 60.5 Å². The highest BCUT2D eigenvalue weighted by molar-refractivity contribution is 7.15. The van der Waals surface area contributed by atoms with E-state index in [-0.39, 0.29) is 5.91 Å². The first-order valence-corrected chi connectivity index (χ1v) is 7.11. The largest absolute Gasteiger partial charge is 0.493 e. The summed E-state index contributed by atoms with van der Waals surface area (Å²) in [4.78, 5) is 17.3. The van der Waals surface area contributed by atoms with Crippen LogP contribution < -0.4 is 14.8 Å². The lowest BCUT2D eigenvalue weighted by molar-refractivity contribution is 0.102. The van der Waals surface area contributed by atoms with Gasteiger partial charge in [-0.1, -0.05) is 12.7 Å². The highest BCUT2D eigenvalue weighted by atomic mass is 32.1. The zero-order valence-electron chi connectivity index (χ0n) is 11.9. The van der Waals surface area contributed by atoms with Gasteiger partial charge in [0.2, 0.25) is 0 Å². The number of nitrogens with zero attached hydrogens (tertiary/aromatic N) is 1. The zero-order valence-corrected chi connectivity index (χ0v) is 12.7. The van der Waals surface area contributed by atoms with E-state index in [1.807, 2.05) is 6.92 Å². The van der Waals surface area contributed by atoms with Crippen molar-refractivity contribution in [3.8, 4) is 11.5 Å². The summed E-state index contributed by atoms with van der Waals surface area (Å²) in [5, 5.41) is 3.32. The van der Waals surface area contributed by atoms with Crippen molar-refractivity contribution in [2.45, 2.75) is 6.92 Å². The van der Waals surface area contributed by atoms with Gasteiger partial charge in [0.25, 0.3) is 5.91 Å². The van der Waals surface area contributed by atoms with Crippen LogP contribution in [0.25, 0.3) is 0 Å². The van der Waals surface area contributed by atoms with Gasteiger partial charge in [-0.25, -0.2) is 4.98 Å². The number of thiazole rings is 1. The van der Waals surface area contributed by atoms with E-state index in [1.165, 1.54) is 18.4 Å². The molecule has 5 nitrogen and oxygen atoms in total. The van der Waals surface area contributed by atoms with Crippen LogP contribution in [-0.2, 0) is 0 Å². The quantitative estimate of drug-likeness (QED) is 0.832. The molecule has 0 saturated carbocycles. The molecule has 0 aliphatic carbocycles. The van der Waals surface area contributed by atoms with E-state index >= 15 is 0 Å². The van der Waals surface area contributed by atoms with Gasteiger partial charge in [0.05, 0.1) is 7.11 Å². The summed E-state index contributed by atoms with van der Waals surface area (Å²) in [6.07, 6.45) is 3.36. The molecule has 0 radical (unpaired) electrons. The Morgan fingerprint density at radius 2 is 2.29 bits per heavy atom. The lowest BCUT2D eigenvalue weighted by Crippen LogP contribution is -2.12. The Morgan fingerprint density at radius 1 is 1.48 bits per heavy atom. The molecule has 21 heavy (non-hydrogen) atoms. The molecule has 0 saturated heterocycles. The second kappa shape index (κ2) is 6.90. The third kappa shape index (κ3) is 3.82. The SMILES string of the molecule is C=CCOc1ccc(C(=O)Nc2ncc(C)s2)cc1OC. The molecule has 1 heterocycles. The summed E-state index contributed by atoms with van der Waals surface area (Å²) in [6.45, 7) is 5.90. The fraction of sp³-hybridized carbons (Fsp3) is 0.200. The van der Waals surface area contributed by atoms with Gasteiger partial charge in [-0.05, 0) is 25.1 Å². The van der Waals surface area contributed by atoms with Gasteiger partial charge in [0.1, 0.15) is 6.61 Å². The van der Waals surface area contributed by atoms with Gasteiger partial charge in [-0.3, -0.25) is 10.1 Å². The van der Waals surface area contributed by atoms with Crippen molar-refractivity contribution in [2.75, 3.05) is 19.0 Å². The van der Waals surface area contributed by atoms with E-state index < -0.39 is 0 Å². The second-order valence-corrected chi connectivity index (χ2v) is 5.43. The highest BCUT2D eigenvalue weighted by Gasteiger charge is 2.12. The van der Waals surface area contributed by atoms with Gasteiger partial charge in [-0.15, -0.1) is 11.3 Å². The maximum Gasteiger partial charge on any atom is 0.257 e. The molecular weight excluding hydrogens is 288 g/mol. The first-order valence-electron chi connectivity index (χ1n) is 6.29. The van der Waals surface area contributed by atoms with Crippen molar-refractivity contribution in [3.63, 3.8) is 0 Å². The zero-order chi connectivity index (χ0) is 15.2. The molecule has 2 aromatic rings. The van der Waals surface area contributed by atoms with Crippen LogP contribution in [0.4, 0.5) is 5.13 Å². The molecule has 0 atom stereocenters. The summed E-state index contributed by atoms with van der Waals surface area (Å²) in [7, 11) is 1.53. The standard InChI is InChI=1S/C15H16N2O3S/c1-4-7-20-12-6-5-11(8-13(12)19-3)14(18)17-15-16-9-10(2)21-15/h4-6,8-9H,1,7H2,2-3H3,(H,16,17,18). The highest BCUT2D eigenvalue weighted by Crippen LogP contribution is 2.28. The average molecular weight is 304 g/mol. The average Bonchev–Trinajstić information content (AvgIpc) is 2.90. The van der Waals surface area contributed by atoms with Crippen molar-refractivity contribution >= 4 is 22.4 Å². The van der Waals surface area contributed by atoms with Gasteiger partial charge >= 0.3 is 0 Å². The molecule has 6 heteroatoms. The van der Waals surface area contributed by atoms with Gasteiger partial charge in [0.15, 0.2) is 16.6 Å².